The Hall–Kier alpha value is -2.65. The molecule has 1 N–H and O–H groups in total. The number of carbonyl (C=O) groups is 2. The van der Waals surface area contributed by atoms with Crippen LogP contribution in [-0.2, 0) is 23.7 Å². The van der Waals surface area contributed by atoms with Crippen LogP contribution in [0.5, 0.6) is 0 Å². The molecule has 2 rings (SSSR count). The molecule has 0 aromatic heterocycles. The van der Waals surface area contributed by atoms with Crippen LogP contribution in [0.1, 0.15) is 10.4 Å². The van der Waals surface area contributed by atoms with Crippen LogP contribution in [0.2, 0.25) is 0 Å². The Morgan fingerprint density at radius 1 is 1.28 bits per heavy atom. The predicted molar refractivity (Wildman–Crippen MR) is 82.3 cm³/mol. The smallest absolute Gasteiger partial charge is 0.338 e. The van der Waals surface area contributed by atoms with Gasteiger partial charge in [-0.1, -0.05) is 23.3 Å². The molecule has 0 amide bonds. The molecule has 0 aliphatic carbocycles. The van der Waals surface area contributed by atoms with Gasteiger partial charge in [-0.25, -0.2) is 9.59 Å². The van der Waals surface area contributed by atoms with Crippen molar-refractivity contribution in [1.82, 2.24) is 0 Å². The van der Waals surface area contributed by atoms with Crippen molar-refractivity contribution in [2.45, 2.75) is 30.6 Å². The lowest BCUT2D eigenvalue weighted by Crippen LogP contribution is -2.60. The van der Waals surface area contributed by atoms with Crippen LogP contribution in [0.25, 0.3) is 10.4 Å². The average molecular weight is 351 g/mol. The summed E-state index contributed by atoms with van der Waals surface area (Å²) in [6, 6.07) is 6.78. The van der Waals surface area contributed by atoms with E-state index in [1.165, 1.54) is 19.2 Å². The number of ether oxygens (including phenoxy) is 4. The number of azide groups is 1. The second kappa shape index (κ2) is 8.45. The second-order valence-electron chi connectivity index (χ2n) is 5.11. The molecule has 1 aliphatic heterocycles. The van der Waals surface area contributed by atoms with Gasteiger partial charge in [0.25, 0.3) is 0 Å². The van der Waals surface area contributed by atoms with Crippen molar-refractivity contribution in [2.75, 3.05) is 14.2 Å². The molecule has 0 radical (unpaired) electrons. The van der Waals surface area contributed by atoms with Crippen LogP contribution in [0.15, 0.2) is 35.4 Å². The monoisotopic (exact) mass is 351 g/mol. The minimum atomic E-state index is -1.58. The minimum Gasteiger partial charge on any atom is -0.467 e. The lowest BCUT2D eigenvalue weighted by atomic mass is 9.96. The normalized spacial score (nSPS) is 28.5. The molecular formula is C15H17N3O7. The summed E-state index contributed by atoms with van der Waals surface area (Å²) in [4.78, 5) is 26.6. The number of aliphatic hydroxyl groups is 1. The summed E-state index contributed by atoms with van der Waals surface area (Å²) in [6.45, 7) is 0. The molecule has 1 aromatic rings. The second-order valence-corrected chi connectivity index (χ2v) is 5.11. The maximum atomic E-state index is 12.3. The van der Waals surface area contributed by atoms with E-state index < -0.39 is 42.6 Å². The number of nitrogens with zero attached hydrogens (tertiary/aromatic N) is 3. The highest BCUT2D eigenvalue weighted by atomic mass is 16.7. The highest BCUT2D eigenvalue weighted by Crippen LogP contribution is 2.28. The third kappa shape index (κ3) is 4.06. The van der Waals surface area contributed by atoms with Crippen molar-refractivity contribution >= 4 is 11.9 Å². The van der Waals surface area contributed by atoms with E-state index in [2.05, 4.69) is 14.8 Å². The molecule has 0 unspecified atom stereocenters. The maximum absolute atomic E-state index is 12.3. The fraction of sp³-hybridized carbons (Fsp3) is 0.467. The number of esters is 2. The zero-order chi connectivity index (χ0) is 18.4. The Morgan fingerprint density at radius 3 is 2.52 bits per heavy atom. The van der Waals surface area contributed by atoms with Gasteiger partial charge in [-0.15, -0.1) is 0 Å². The Kier molecular flexibility index (Phi) is 6.31. The highest BCUT2D eigenvalue weighted by molar-refractivity contribution is 5.89. The van der Waals surface area contributed by atoms with Crippen LogP contribution >= 0.6 is 0 Å². The third-order valence-electron chi connectivity index (χ3n) is 3.65. The average Bonchev–Trinajstić information content (AvgIpc) is 2.64. The highest BCUT2D eigenvalue weighted by Gasteiger charge is 2.50. The van der Waals surface area contributed by atoms with Crippen LogP contribution in [0.3, 0.4) is 0 Å². The molecule has 134 valence electrons. The topological polar surface area (TPSA) is 140 Å². The third-order valence-corrected chi connectivity index (χ3v) is 3.65. The molecule has 1 saturated heterocycles. The molecule has 10 heteroatoms. The van der Waals surface area contributed by atoms with Crippen LogP contribution in [0, 0.1) is 0 Å². The molecule has 1 heterocycles. The van der Waals surface area contributed by atoms with E-state index in [1.807, 2.05) is 0 Å². The SMILES string of the molecule is COC(=O)[C@H]1O[C@H](OC)[C@H](OC(=O)c2ccccc2)[C@H](N=[N+]=[N-])[C@@H]1O. The minimum absolute atomic E-state index is 0.252. The van der Waals surface area contributed by atoms with E-state index in [9.17, 15) is 14.7 Å². The van der Waals surface area contributed by atoms with E-state index in [-0.39, 0.29) is 5.56 Å². The van der Waals surface area contributed by atoms with E-state index in [1.54, 1.807) is 18.2 Å². The van der Waals surface area contributed by atoms with Crippen LogP contribution < -0.4 is 0 Å². The number of hydrogen-bond donors (Lipinski definition) is 1. The molecular weight excluding hydrogens is 334 g/mol. The number of aliphatic hydroxyl groups excluding tert-OH is 1. The number of carbonyl (C=O) groups excluding carboxylic acids is 2. The van der Waals surface area contributed by atoms with E-state index in [4.69, 9.17) is 19.7 Å². The lowest BCUT2D eigenvalue weighted by molar-refractivity contribution is -0.262. The van der Waals surface area contributed by atoms with E-state index in [0.29, 0.717) is 0 Å². The predicted octanol–water partition coefficient (Wildman–Crippen LogP) is 0.796. The van der Waals surface area contributed by atoms with Crippen LogP contribution in [0.4, 0.5) is 0 Å². The number of methoxy groups -OCH3 is 2. The fourth-order valence-electron chi connectivity index (χ4n) is 2.42. The molecule has 1 aliphatic rings. The van der Waals surface area contributed by atoms with Gasteiger partial charge in [0.05, 0.1) is 12.7 Å². The molecule has 1 aromatic carbocycles. The van der Waals surface area contributed by atoms with Gasteiger partial charge in [0.15, 0.2) is 18.5 Å². The molecule has 0 spiro atoms. The van der Waals surface area contributed by atoms with Crippen molar-refractivity contribution in [2.24, 2.45) is 5.11 Å². The van der Waals surface area contributed by atoms with E-state index in [0.717, 1.165) is 7.11 Å². The first-order valence-electron chi connectivity index (χ1n) is 7.27. The fourth-order valence-corrected chi connectivity index (χ4v) is 2.42. The Balaban J connectivity index is 2.28. The number of hydrogen-bond acceptors (Lipinski definition) is 8. The molecule has 1 fully saturated rings. The zero-order valence-electron chi connectivity index (χ0n) is 13.5. The van der Waals surface area contributed by atoms with Gasteiger partial charge >= 0.3 is 11.9 Å². The lowest BCUT2D eigenvalue weighted by Gasteiger charge is -2.40. The largest absolute Gasteiger partial charge is 0.467 e. The van der Waals surface area contributed by atoms with Gasteiger partial charge in [-0.3, -0.25) is 0 Å². The van der Waals surface area contributed by atoms with Crippen molar-refractivity contribution in [3.63, 3.8) is 0 Å². The number of rotatable bonds is 5. The van der Waals surface area contributed by atoms with Crippen LogP contribution in [-0.4, -0.2) is 61.9 Å². The summed E-state index contributed by atoms with van der Waals surface area (Å²) in [6.07, 6.45) is -5.53. The Bertz CT molecular complexity index is 662. The quantitative estimate of drug-likeness (QED) is 0.358. The molecule has 10 nitrogen and oxygen atoms in total. The van der Waals surface area contributed by atoms with Gasteiger partial charge in [-0.2, -0.15) is 0 Å². The summed E-state index contributed by atoms with van der Waals surface area (Å²) < 4.78 is 20.3. The van der Waals surface area contributed by atoms with Crippen molar-refractivity contribution in [3.8, 4) is 0 Å². The van der Waals surface area contributed by atoms with Crippen molar-refractivity contribution in [1.29, 1.82) is 0 Å². The van der Waals surface area contributed by atoms with Gasteiger partial charge in [0.2, 0.25) is 0 Å². The Morgan fingerprint density at radius 2 is 1.96 bits per heavy atom. The van der Waals surface area contributed by atoms with Gasteiger partial charge < -0.3 is 24.1 Å². The summed E-state index contributed by atoms with van der Waals surface area (Å²) in [5.74, 6) is -1.60. The van der Waals surface area contributed by atoms with Crippen molar-refractivity contribution < 1.29 is 33.6 Å². The Labute approximate surface area is 142 Å². The van der Waals surface area contributed by atoms with Gasteiger partial charge in [0, 0.05) is 12.0 Å². The molecule has 5 atom stereocenters. The van der Waals surface area contributed by atoms with Crippen molar-refractivity contribution in [3.05, 3.63) is 46.3 Å². The van der Waals surface area contributed by atoms with E-state index >= 15 is 0 Å². The van der Waals surface area contributed by atoms with Gasteiger partial charge in [0.1, 0.15) is 12.1 Å². The van der Waals surface area contributed by atoms with Gasteiger partial charge in [-0.05, 0) is 17.7 Å². The standard InChI is InChI=1S/C15H17N3O7/c1-22-14(21)12-10(19)9(17-18-16)11(15(23-2)25-12)24-13(20)8-6-4-3-5-7-8/h3-7,9-12,15,19H,1-2H3/t9-,10+,11-,12+,15+/m1/s1. The molecule has 0 saturated carbocycles. The maximum Gasteiger partial charge on any atom is 0.338 e. The summed E-state index contributed by atoms with van der Waals surface area (Å²) in [5.41, 5.74) is 9.01. The summed E-state index contributed by atoms with van der Waals surface area (Å²) in [7, 11) is 2.37. The first-order valence-corrected chi connectivity index (χ1v) is 7.27. The molecule has 0 bridgehead atoms. The first-order chi connectivity index (χ1) is 12.0. The molecule has 25 heavy (non-hydrogen) atoms. The summed E-state index contributed by atoms with van der Waals surface area (Å²) >= 11 is 0. The summed E-state index contributed by atoms with van der Waals surface area (Å²) in [5, 5.41) is 13.7. The number of benzene rings is 1. The first kappa shape index (κ1) is 18.7. The zero-order valence-corrected chi connectivity index (χ0v) is 13.5.